The maximum absolute atomic E-state index is 8.68. The van der Waals surface area contributed by atoms with Crippen molar-refractivity contribution in [2.45, 2.75) is 0 Å². The Morgan fingerprint density at radius 1 is 1.25 bits per heavy atom. The summed E-state index contributed by atoms with van der Waals surface area (Å²) in [6.45, 7) is 0. The summed E-state index contributed by atoms with van der Waals surface area (Å²) in [5.74, 6) is 0.441. The van der Waals surface area contributed by atoms with Gasteiger partial charge in [-0.25, -0.2) is 0 Å². The van der Waals surface area contributed by atoms with Crippen LogP contribution >= 0.6 is 0 Å². The van der Waals surface area contributed by atoms with E-state index in [0.29, 0.717) is 16.9 Å². The number of rotatable bonds is 1. The van der Waals surface area contributed by atoms with Crippen LogP contribution in [0.2, 0.25) is 0 Å². The standard InChI is InChI=1S/C9H6N2O/c1-12-9-4-2-3-7(5-10)8(9)6-11/h2-4H,1H3. The molecule has 3 heteroatoms. The first-order valence-corrected chi connectivity index (χ1v) is 3.30. The molecule has 0 saturated heterocycles. The van der Waals surface area contributed by atoms with Gasteiger partial charge in [0, 0.05) is 0 Å². The molecule has 1 aromatic rings. The Kier molecular flexibility index (Phi) is 2.30. The van der Waals surface area contributed by atoms with E-state index < -0.39 is 0 Å². The van der Waals surface area contributed by atoms with Crippen LogP contribution in [-0.4, -0.2) is 7.11 Å². The molecule has 0 amide bonds. The van der Waals surface area contributed by atoms with E-state index in [4.69, 9.17) is 15.3 Å². The van der Waals surface area contributed by atoms with Gasteiger partial charge < -0.3 is 4.74 Å². The van der Waals surface area contributed by atoms with Crippen LogP contribution in [0.1, 0.15) is 11.1 Å². The van der Waals surface area contributed by atoms with E-state index in [1.165, 1.54) is 7.11 Å². The largest absolute Gasteiger partial charge is 0.495 e. The number of nitriles is 2. The molecule has 0 aliphatic rings. The molecular weight excluding hydrogens is 152 g/mol. The third kappa shape index (κ3) is 1.21. The number of nitrogens with zero attached hydrogens (tertiary/aromatic N) is 2. The number of methoxy groups -OCH3 is 1. The summed E-state index contributed by atoms with van der Waals surface area (Å²) < 4.78 is 4.91. The molecule has 0 radical (unpaired) electrons. The monoisotopic (exact) mass is 158 g/mol. The number of ether oxygens (including phenoxy) is 1. The van der Waals surface area contributed by atoms with Crippen molar-refractivity contribution < 1.29 is 4.74 Å². The lowest BCUT2D eigenvalue weighted by Gasteiger charge is -2.01. The van der Waals surface area contributed by atoms with E-state index in [1.807, 2.05) is 12.1 Å². The van der Waals surface area contributed by atoms with Gasteiger partial charge in [0.25, 0.3) is 0 Å². The topological polar surface area (TPSA) is 56.8 Å². The Hall–Kier alpha value is -2.00. The average molecular weight is 158 g/mol. The Bertz CT molecular complexity index is 371. The lowest BCUT2D eigenvalue weighted by Crippen LogP contribution is -1.90. The van der Waals surface area contributed by atoms with Crippen molar-refractivity contribution in [2.24, 2.45) is 0 Å². The smallest absolute Gasteiger partial charge is 0.137 e. The minimum Gasteiger partial charge on any atom is -0.495 e. The summed E-state index contributed by atoms with van der Waals surface area (Å²) in [4.78, 5) is 0. The van der Waals surface area contributed by atoms with Gasteiger partial charge in [0.1, 0.15) is 23.5 Å². The van der Waals surface area contributed by atoms with Crippen LogP contribution in [-0.2, 0) is 0 Å². The molecule has 0 saturated carbocycles. The highest BCUT2D eigenvalue weighted by atomic mass is 16.5. The van der Waals surface area contributed by atoms with Gasteiger partial charge in [-0.05, 0) is 12.1 Å². The fourth-order valence-corrected chi connectivity index (χ4v) is 0.910. The van der Waals surface area contributed by atoms with E-state index in [-0.39, 0.29) is 0 Å². The summed E-state index contributed by atoms with van der Waals surface area (Å²) in [7, 11) is 1.47. The van der Waals surface area contributed by atoms with E-state index in [0.717, 1.165) is 0 Å². The van der Waals surface area contributed by atoms with Gasteiger partial charge in [-0.2, -0.15) is 10.5 Å². The van der Waals surface area contributed by atoms with Gasteiger partial charge in [0.05, 0.1) is 12.7 Å². The molecular formula is C9H6N2O. The van der Waals surface area contributed by atoms with Crippen LogP contribution in [0.5, 0.6) is 5.75 Å². The van der Waals surface area contributed by atoms with Crippen molar-refractivity contribution in [3.63, 3.8) is 0 Å². The second kappa shape index (κ2) is 3.41. The molecule has 0 heterocycles. The minimum absolute atomic E-state index is 0.294. The molecule has 3 nitrogen and oxygen atoms in total. The molecule has 0 spiro atoms. The SMILES string of the molecule is COc1cccc(C#N)c1C#N. The van der Waals surface area contributed by atoms with Crippen LogP contribution < -0.4 is 4.74 Å². The molecule has 0 fully saturated rings. The molecule has 0 bridgehead atoms. The van der Waals surface area contributed by atoms with Gasteiger partial charge in [-0.3, -0.25) is 0 Å². The molecule has 0 atom stereocenters. The van der Waals surface area contributed by atoms with Gasteiger partial charge in [-0.15, -0.1) is 0 Å². The zero-order chi connectivity index (χ0) is 8.97. The van der Waals surface area contributed by atoms with Crippen molar-refractivity contribution in [3.05, 3.63) is 29.3 Å². The molecule has 0 aromatic heterocycles. The van der Waals surface area contributed by atoms with Gasteiger partial charge in [-0.1, -0.05) is 6.07 Å². The summed E-state index contributed by atoms with van der Waals surface area (Å²) in [5, 5.41) is 17.3. The van der Waals surface area contributed by atoms with Crippen LogP contribution in [0.15, 0.2) is 18.2 Å². The Morgan fingerprint density at radius 3 is 2.50 bits per heavy atom. The second-order valence-corrected chi connectivity index (χ2v) is 2.11. The molecule has 1 rings (SSSR count). The predicted molar refractivity (Wildman–Crippen MR) is 42.4 cm³/mol. The van der Waals surface area contributed by atoms with Crippen molar-refractivity contribution in [2.75, 3.05) is 7.11 Å². The van der Waals surface area contributed by atoms with E-state index in [2.05, 4.69) is 0 Å². The first-order chi connectivity index (χ1) is 5.83. The molecule has 0 aliphatic carbocycles. The van der Waals surface area contributed by atoms with Gasteiger partial charge >= 0.3 is 0 Å². The lowest BCUT2D eigenvalue weighted by atomic mass is 10.1. The quantitative estimate of drug-likeness (QED) is 0.621. The van der Waals surface area contributed by atoms with Crippen molar-refractivity contribution in [1.29, 1.82) is 10.5 Å². The summed E-state index contributed by atoms with van der Waals surface area (Å²) in [5.41, 5.74) is 0.638. The molecule has 0 unspecified atom stereocenters. The summed E-state index contributed by atoms with van der Waals surface area (Å²) in [6, 6.07) is 8.75. The summed E-state index contributed by atoms with van der Waals surface area (Å²) in [6.07, 6.45) is 0. The zero-order valence-corrected chi connectivity index (χ0v) is 6.53. The second-order valence-electron chi connectivity index (χ2n) is 2.11. The van der Waals surface area contributed by atoms with Crippen LogP contribution in [0.3, 0.4) is 0 Å². The number of hydrogen-bond donors (Lipinski definition) is 0. The number of hydrogen-bond acceptors (Lipinski definition) is 3. The molecule has 0 N–H and O–H groups in total. The Morgan fingerprint density at radius 2 is 2.00 bits per heavy atom. The zero-order valence-electron chi connectivity index (χ0n) is 6.53. The third-order valence-electron chi connectivity index (χ3n) is 1.48. The Balaban J connectivity index is 3.37. The van der Waals surface area contributed by atoms with Crippen LogP contribution in [0, 0.1) is 22.7 Å². The molecule has 58 valence electrons. The predicted octanol–water partition coefficient (Wildman–Crippen LogP) is 1.44. The highest BCUT2D eigenvalue weighted by Crippen LogP contribution is 2.19. The summed E-state index contributed by atoms with van der Waals surface area (Å²) >= 11 is 0. The normalized spacial score (nSPS) is 8.25. The average Bonchev–Trinajstić information content (AvgIpc) is 2.16. The van der Waals surface area contributed by atoms with Gasteiger partial charge in [0.15, 0.2) is 0 Å². The fourth-order valence-electron chi connectivity index (χ4n) is 0.910. The highest BCUT2D eigenvalue weighted by molar-refractivity contribution is 5.53. The van der Waals surface area contributed by atoms with Gasteiger partial charge in [0.2, 0.25) is 0 Å². The van der Waals surface area contributed by atoms with Crippen molar-refractivity contribution in [1.82, 2.24) is 0 Å². The Labute approximate surface area is 70.4 Å². The van der Waals surface area contributed by atoms with E-state index in [1.54, 1.807) is 18.2 Å². The van der Waals surface area contributed by atoms with E-state index in [9.17, 15) is 0 Å². The van der Waals surface area contributed by atoms with Crippen LogP contribution in [0.4, 0.5) is 0 Å². The first-order valence-electron chi connectivity index (χ1n) is 3.30. The maximum Gasteiger partial charge on any atom is 0.137 e. The molecule has 12 heavy (non-hydrogen) atoms. The minimum atomic E-state index is 0.294. The third-order valence-corrected chi connectivity index (χ3v) is 1.48. The molecule has 1 aromatic carbocycles. The lowest BCUT2D eigenvalue weighted by molar-refractivity contribution is 0.413. The molecule has 0 aliphatic heterocycles. The maximum atomic E-state index is 8.68. The first kappa shape index (κ1) is 8.10. The van der Waals surface area contributed by atoms with E-state index >= 15 is 0 Å². The van der Waals surface area contributed by atoms with Crippen LogP contribution in [0.25, 0.3) is 0 Å². The van der Waals surface area contributed by atoms with Crippen molar-refractivity contribution in [3.8, 4) is 17.9 Å². The number of benzene rings is 1. The van der Waals surface area contributed by atoms with Crippen molar-refractivity contribution >= 4 is 0 Å². The fraction of sp³-hybridized carbons (Fsp3) is 0.111. The highest BCUT2D eigenvalue weighted by Gasteiger charge is 2.06.